The first-order valence-corrected chi connectivity index (χ1v) is 8.94. The van der Waals surface area contributed by atoms with Gasteiger partial charge in [0, 0.05) is 37.1 Å². The van der Waals surface area contributed by atoms with E-state index >= 15 is 0 Å². The zero-order chi connectivity index (χ0) is 15.9. The normalized spacial score (nSPS) is 19.0. The van der Waals surface area contributed by atoms with Gasteiger partial charge in [-0.15, -0.1) is 0 Å². The van der Waals surface area contributed by atoms with Crippen LogP contribution in [0.25, 0.3) is 0 Å². The topological polar surface area (TPSA) is 57.3 Å². The molecule has 0 aromatic carbocycles. The van der Waals surface area contributed by atoms with Crippen LogP contribution >= 0.6 is 11.8 Å². The fraction of sp³-hybridized carbons (Fsp3) is 0.600. The second-order valence-corrected chi connectivity index (χ2v) is 6.33. The summed E-state index contributed by atoms with van der Waals surface area (Å²) < 4.78 is 13.7. The van der Waals surface area contributed by atoms with Crippen LogP contribution in [0.5, 0.6) is 0 Å². The molecule has 1 aliphatic rings. The molecule has 0 saturated carbocycles. The Morgan fingerprint density at radius 1 is 1.64 bits per heavy atom. The van der Waals surface area contributed by atoms with Crippen molar-refractivity contribution >= 4 is 23.6 Å². The zero-order valence-electron chi connectivity index (χ0n) is 13.0. The molecule has 1 aliphatic heterocycles. The first-order chi connectivity index (χ1) is 10.6. The fourth-order valence-corrected chi connectivity index (χ4v) is 3.28. The van der Waals surface area contributed by atoms with Gasteiger partial charge in [0.05, 0.1) is 0 Å². The number of halogens is 1. The second-order valence-electron chi connectivity index (χ2n) is 5.42. The number of nitrogens with one attached hydrogen (secondary N) is 2. The summed E-state index contributed by atoms with van der Waals surface area (Å²) in [6, 6.07) is 3.04. The van der Waals surface area contributed by atoms with E-state index in [9.17, 15) is 9.18 Å². The van der Waals surface area contributed by atoms with Crippen molar-refractivity contribution < 1.29 is 9.18 Å². The predicted molar refractivity (Wildman–Crippen MR) is 88.9 cm³/mol. The highest BCUT2D eigenvalue weighted by Crippen LogP contribution is 2.20. The quantitative estimate of drug-likeness (QED) is 0.842. The lowest BCUT2D eigenvalue weighted by Gasteiger charge is -2.20. The van der Waals surface area contributed by atoms with Gasteiger partial charge in [-0.25, -0.2) is 14.2 Å². The summed E-state index contributed by atoms with van der Waals surface area (Å²) in [6.45, 7) is 3.34. The molecule has 22 heavy (non-hydrogen) atoms. The predicted octanol–water partition coefficient (Wildman–Crippen LogP) is 2.24. The van der Waals surface area contributed by atoms with Crippen LogP contribution in [0.4, 0.5) is 15.0 Å². The van der Waals surface area contributed by atoms with Crippen LogP contribution in [-0.2, 0) is 0 Å². The Bertz CT molecular complexity index is 502. The minimum absolute atomic E-state index is 0.0215. The van der Waals surface area contributed by atoms with E-state index < -0.39 is 0 Å². The molecule has 7 heteroatoms. The average molecular weight is 326 g/mol. The standard InChI is InChI=1S/C15H23FN4OS/c1-3-11(10-22-2)18-15(21)19-12-6-8-20(9-12)14-13(16)5-4-7-17-14/h4-5,7,11-12H,3,6,8-10H2,1-2H3,(H2,18,19,21)/t11-,12-/m0/s1. The molecule has 1 fully saturated rings. The number of carbonyl (C=O) groups excluding carboxylic acids is 1. The van der Waals surface area contributed by atoms with E-state index in [0.29, 0.717) is 18.9 Å². The van der Waals surface area contributed by atoms with Crippen LogP contribution < -0.4 is 15.5 Å². The Morgan fingerprint density at radius 2 is 2.45 bits per heavy atom. The minimum atomic E-state index is -0.321. The number of nitrogens with zero attached hydrogens (tertiary/aromatic N) is 2. The molecule has 1 aromatic heterocycles. The number of hydrogen-bond donors (Lipinski definition) is 2. The molecule has 2 amide bonds. The third-order valence-corrected chi connectivity index (χ3v) is 4.49. The largest absolute Gasteiger partial charge is 0.352 e. The van der Waals surface area contributed by atoms with Gasteiger partial charge in [0.2, 0.25) is 0 Å². The lowest BCUT2D eigenvalue weighted by atomic mass is 10.2. The number of amides is 2. The molecular weight excluding hydrogens is 303 g/mol. The first kappa shape index (κ1) is 16.9. The number of thioether (sulfide) groups is 1. The van der Waals surface area contributed by atoms with Crippen LogP contribution in [-0.4, -0.2) is 48.2 Å². The molecule has 5 nitrogen and oxygen atoms in total. The molecule has 0 bridgehead atoms. The molecule has 0 radical (unpaired) electrons. The Morgan fingerprint density at radius 3 is 3.14 bits per heavy atom. The van der Waals surface area contributed by atoms with Gasteiger partial charge in [-0.05, 0) is 31.2 Å². The maximum absolute atomic E-state index is 13.7. The summed E-state index contributed by atoms with van der Waals surface area (Å²) >= 11 is 1.72. The van der Waals surface area contributed by atoms with Crippen molar-refractivity contribution in [1.82, 2.24) is 15.6 Å². The van der Waals surface area contributed by atoms with Gasteiger partial charge < -0.3 is 15.5 Å². The van der Waals surface area contributed by atoms with Crippen molar-refractivity contribution in [2.75, 3.05) is 30.0 Å². The van der Waals surface area contributed by atoms with E-state index in [-0.39, 0.29) is 23.9 Å². The lowest BCUT2D eigenvalue weighted by molar-refractivity contribution is 0.234. The number of hydrogen-bond acceptors (Lipinski definition) is 4. The van der Waals surface area contributed by atoms with Gasteiger partial charge in [-0.3, -0.25) is 0 Å². The number of rotatable bonds is 6. The third kappa shape index (κ3) is 4.50. The van der Waals surface area contributed by atoms with Gasteiger partial charge in [-0.2, -0.15) is 11.8 Å². The van der Waals surface area contributed by atoms with Crippen LogP contribution in [0.2, 0.25) is 0 Å². The number of anilines is 1. The van der Waals surface area contributed by atoms with Crippen LogP contribution in [0.15, 0.2) is 18.3 Å². The van der Waals surface area contributed by atoms with E-state index in [4.69, 9.17) is 0 Å². The Kier molecular flexibility index (Phi) is 6.30. The van der Waals surface area contributed by atoms with Gasteiger partial charge in [0.25, 0.3) is 0 Å². The van der Waals surface area contributed by atoms with Crippen molar-refractivity contribution in [3.63, 3.8) is 0 Å². The molecule has 1 aromatic rings. The highest BCUT2D eigenvalue weighted by Gasteiger charge is 2.26. The highest BCUT2D eigenvalue weighted by atomic mass is 32.2. The summed E-state index contributed by atoms with van der Waals surface area (Å²) in [4.78, 5) is 18.0. The van der Waals surface area contributed by atoms with E-state index in [1.165, 1.54) is 6.07 Å². The Hall–Kier alpha value is -1.50. The average Bonchev–Trinajstić information content (AvgIpc) is 2.95. The van der Waals surface area contributed by atoms with Gasteiger partial charge in [0.15, 0.2) is 11.6 Å². The summed E-state index contributed by atoms with van der Waals surface area (Å²) in [5.41, 5.74) is 0. The molecule has 2 rings (SSSR count). The van der Waals surface area contributed by atoms with Gasteiger partial charge >= 0.3 is 6.03 Å². The number of urea groups is 1. The summed E-state index contributed by atoms with van der Waals surface area (Å²) in [5, 5.41) is 5.95. The third-order valence-electron chi connectivity index (χ3n) is 3.76. The first-order valence-electron chi connectivity index (χ1n) is 7.55. The van der Waals surface area contributed by atoms with Crippen molar-refractivity contribution in [3.05, 3.63) is 24.1 Å². The Balaban J connectivity index is 1.83. The molecule has 2 atom stereocenters. The summed E-state index contributed by atoms with van der Waals surface area (Å²) in [7, 11) is 0. The monoisotopic (exact) mass is 326 g/mol. The van der Waals surface area contributed by atoms with E-state index in [0.717, 1.165) is 18.6 Å². The Labute approximate surface area is 135 Å². The summed E-state index contributed by atoms with van der Waals surface area (Å²) in [5.74, 6) is 0.944. The SMILES string of the molecule is CC[C@@H](CSC)NC(=O)N[C@H]1CCN(c2ncccc2F)C1. The zero-order valence-corrected chi connectivity index (χ0v) is 13.8. The molecular formula is C15H23FN4OS. The number of carbonyl (C=O) groups is 1. The van der Waals surface area contributed by atoms with Crippen LogP contribution in [0, 0.1) is 5.82 Å². The van der Waals surface area contributed by atoms with Crippen molar-refractivity contribution in [3.8, 4) is 0 Å². The van der Waals surface area contributed by atoms with E-state index in [1.807, 2.05) is 11.2 Å². The van der Waals surface area contributed by atoms with Crippen molar-refractivity contribution in [2.45, 2.75) is 31.8 Å². The van der Waals surface area contributed by atoms with Crippen molar-refractivity contribution in [1.29, 1.82) is 0 Å². The van der Waals surface area contributed by atoms with Crippen LogP contribution in [0.3, 0.4) is 0 Å². The second kappa shape index (κ2) is 8.22. The molecule has 0 unspecified atom stereocenters. The molecule has 2 N–H and O–H groups in total. The smallest absolute Gasteiger partial charge is 0.315 e. The summed E-state index contributed by atoms with van der Waals surface area (Å²) in [6.07, 6.45) is 5.31. The van der Waals surface area contributed by atoms with Crippen LogP contribution in [0.1, 0.15) is 19.8 Å². The molecule has 0 spiro atoms. The van der Waals surface area contributed by atoms with E-state index in [1.54, 1.807) is 24.0 Å². The molecule has 2 heterocycles. The van der Waals surface area contributed by atoms with E-state index in [2.05, 4.69) is 22.5 Å². The number of aromatic nitrogens is 1. The molecule has 1 saturated heterocycles. The van der Waals surface area contributed by atoms with Gasteiger partial charge in [-0.1, -0.05) is 6.92 Å². The maximum atomic E-state index is 13.7. The molecule has 122 valence electrons. The number of pyridine rings is 1. The van der Waals surface area contributed by atoms with Crippen molar-refractivity contribution in [2.24, 2.45) is 0 Å². The highest BCUT2D eigenvalue weighted by molar-refractivity contribution is 7.98. The fourth-order valence-electron chi connectivity index (χ4n) is 2.56. The lowest BCUT2D eigenvalue weighted by Crippen LogP contribution is -2.47. The minimum Gasteiger partial charge on any atom is -0.352 e. The molecule has 0 aliphatic carbocycles. The van der Waals surface area contributed by atoms with Gasteiger partial charge in [0.1, 0.15) is 0 Å². The maximum Gasteiger partial charge on any atom is 0.315 e.